The van der Waals surface area contributed by atoms with Crippen molar-refractivity contribution >= 4 is 17.2 Å². The number of amides is 1. The summed E-state index contributed by atoms with van der Waals surface area (Å²) in [7, 11) is 1.74. The van der Waals surface area contributed by atoms with E-state index < -0.39 is 17.6 Å². The number of thiazole rings is 1. The molecular weight excluding hydrogens is 470 g/mol. The lowest BCUT2D eigenvalue weighted by Gasteiger charge is -2.31. The van der Waals surface area contributed by atoms with E-state index in [2.05, 4.69) is 14.9 Å². The number of halogens is 4. The molecule has 1 amide bonds. The van der Waals surface area contributed by atoms with Crippen LogP contribution in [0.4, 0.5) is 17.6 Å². The van der Waals surface area contributed by atoms with Crippen molar-refractivity contribution in [1.82, 2.24) is 24.3 Å². The Kier molecular flexibility index (Phi) is 7.32. The van der Waals surface area contributed by atoms with Gasteiger partial charge in [-0.15, -0.1) is 11.3 Å². The Morgan fingerprint density at radius 3 is 2.74 bits per heavy atom. The first-order chi connectivity index (χ1) is 16.2. The topological polar surface area (TPSA) is 54.3 Å². The molecule has 1 saturated heterocycles. The zero-order valence-electron chi connectivity index (χ0n) is 18.6. The molecule has 0 bridgehead atoms. The maximum Gasteiger partial charge on any atom is 0.419 e. The lowest BCUT2D eigenvalue weighted by Crippen LogP contribution is -2.40. The summed E-state index contributed by atoms with van der Waals surface area (Å²) in [5.41, 5.74) is -0.878. The van der Waals surface area contributed by atoms with Crippen LogP contribution in [0.5, 0.6) is 0 Å². The first-order valence-corrected chi connectivity index (χ1v) is 11.8. The minimum absolute atomic E-state index is 0.0596. The Balaban J connectivity index is 1.57. The predicted octanol–water partition coefficient (Wildman–Crippen LogP) is 4.73. The third-order valence-electron chi connectivity index (χ3n) is 5.95. The number of nitrogens with zero attached hydrogens (tertiary/aromatic N) is 5. The summed E-state index contributed by atoms with van der Waals surface area (Å²) in [6.45, 7) is 2.24. The van der Waals surface area contributed by atoms with E-state index >= 15 is 0 Å². The molecule has 1 aliphatic heterocycles. The number of imidazole rings is 1. The molecular formula is C23H25F4N5OS. The molecule has 3 heterocycles. The predicted molar refractivity (Wildman–Crippen MR) is 120 cm³/mol. The highest BCUT2D eigenvalue weighted by atomic mass is 32.1. The Morgan fingerprint density at radius 1 is 1.24 bits per heavy atom. The van der Waals surface area contributed by atoms with Crippen LogP contribution in [0.3, 0.4) is 0 Å². The number of rotatable bonds is 6. The van der Waals surface area contributed by atoms with E-state index in [1.165, 1.54) is 12.4 Å². The fraction of sp³-hybridized carbons (Fsp3) is 0.435. The van der Waals surface area contributed by atoms with E-state index in [4.69, 9.17) is 0 Å². The van der Waals surface area contributed by atoms with E-state index in [-0.39, 0.29) is 29.8 Å². The zero-order valence-corrected chi connectivity index (χ0v) is 19.4. The summed E-state index contributed by atoms with van der Waals surface area (Å²) in [4.78, 5) is 25.7. The molecule has 1 aromatic carbocycles. The minimum Gasteiger partial charge on any atom is -0.340 e. The molecule has 0 saturated carbocycles. The number of carbonyl (C=O) groups excluding carboxylic acids is 1. The fourth-order valence-electron chi connectivity index (χ4n) is 4.25. The highest BCUT2D eigenvalue weighted by molar-refractivity contribution is 7.09. The summed E-state index contributed by atoms with van der Waals surface area (Å²) < 4.78 is 55.2. The van der Waals surface area contributed by atoms with Gasteiger partial charge in [0, 0.05) is 44.0 Å². The van der Waals surface area contributed by atoms with Gasteiger partial charge in [0.05, 0.1) is 18.4 Å². The average Bonchev–Trinajstić information content (AvgIpc) is 3.40. The van der Waals surface area contributed by atoms with Gasteiger partial charge < -0.3 is 9.47 Å². The van der Waals surface area contributed by atoms with Gasteiger partial charge in [-0.2, -0.15) is 13.2 Å². The highest BCUT2D eigenvalue weighted by Gasteiger charge is 2.35. The van der Waals surface area contributed by atoms with Crippen LogP contribution in [0.25, 0.3) is 0 Å². The monoisotopic (exact) mass is 495 g/mol. The van der Waals surface area contributed by atoms with Gasteiger partial charge in [0.25, 0.3) is 5.91 Å². The molecule has 3 aromatic rings. The molecule has 0 N–H and O–H groups in total. The van der Waals surface area contributed by atoms with Gasteiger partial charge in [0.15, 0.2) is 0 Å². The van der Waals surface area contributed by atoms with Gasteiger partial charge in [-0.25, -0.2) is 14.4 Å². The van der Waals surface area contributed by atoms with Gasteiger partial charge in [0.1, 0.15) is 16.5 Å². The average molecular weight is 496 g/mol. The van der Waals surface area contributed by atoms with Crippen molar-refractivity contribution in [2.24, 2.45) is 7.05 Å². The SMILES string of the molecule is Cn1cnc(C(=O)N(Cc2ccc(F)c(C(F)(F)F)c2)C2CCCN(Cc3nccs3)CC2)c1. The number of hydrogen-bond donors (Lipinski definition) is 0. The fourth-order valence-corrected chi connectivity index (χ4v) is 4.91. The van der Waals surface area contributed by atoms with Crippen molar-refractivity contribution in [3.05, 3.63) is 69.9 Å². The maximum atomic E-state index is 13.8. The highest BCUT2D eigenvalue weighted by Crippen LogP contribution is 2.32. The van der Waals surface area contributed by atoms with Crippen LogP contribution in [0, 0.1) is 5.82 Å². The van der Waals surface area contributed by atoms with E-state index in [9.17, 15) is 22.4 Å². The van der Waals surface area contributed by atoms with Crippen LogP contribution in [-0.2, 0) is 26.3 Å². The summed E-state index contributed by atoms with van der Waals surface area (Å²) in [6.07, 6.45) is 2.26. The van der Waals surface area contributed by atoms with E-state index in [1.807, 2.05) is 5.38 Å². The number of likely N-dealkylation sites (tertiary alicyclic amines) is 1. The molecule has 2 aromatic heterocycles. The van der Waals surface area contributed by atoms with Crippen LogP contribution < -0.4 is 0 Å². The van der Waals surface area contributed by atoms with Crippen LogP contribution >= 0.6 is 11.3 Å². The molecule has 1 fully saturated rings. The van der Waals surface area contributed by atoms with Gasteiger partial charge in [-0.05, 0) is 43.5 Å². The Labute approximate surface area is 198 Å². The lowest BCUT2D eigenvalue weighted by atomic mass is 10.0. The quantitative estimate of drug-likeness (QED) is 0.464. The largest absolute Gasteiger partial charge is 0.419 e. The van der Waals surface area contributed by atoms with Crippen LogP contribution in [0.15, 0.2) is 42.3 Å². The minimum atomic E-state index is -4.81. The Hall–Kier alpha value is -2.79. The number of alkyl halides is 3. The van der Waals surface area contributed by atoms with Gasteiger partial charge in [-0.1, -0.05) is 6.07 Å². The second-order valence-electron chi connectivity index (χ2n) is 8.46. The zero-order chi connectivity index (χ0) is 24.3. The van der Waals surface area contributed by atoms with Crippen molar-refractivity contribution < 1.29 is 22.4 Å². The number of carbonyl (C=O) groups is 1. The molecule has 1 atom stereocenters. The first-order valence-electron chi connectivity index (χ1n) is 11.0. The van der Waals surface area contributed by atoms with Crippen molar-refractivity contribution in [2.75, 3.05) is 13.1 Å². The third kappa shape index (κ3) is 5.82. The number of aromatic nitrogens is 3. The second kappa shape index (κ2) is 10.2. The molecule has 1 unspecified atom stereocenters. The van der Waals surface area contributed by atoms with Crippen LogP contribution in [-0.4, -0.2) is 49.4 Å². The molecule has 0 spiro atoms. The van der Waals surface area contributed by atoms with Gasteiger partial charge in [0.2, 0.25) is 0 Å². The lowest BCUT2D eigenvalue weighted by molar-refractivity contribution is -0.140. The second-order valence-corrected chi connectivity index (χ2v) is 9.44. The number of aryl methyl sites for hydroxylation is 1. The Morgan fingerprint density at radius 2 is 2.06 bits per heavy atom. The van der Waals surface area contributed by atoms with Gasteiger partial charge in [-0.3, -0.25) is 9.69 Å². The molecule has 34 heavy (non-hydrogen) atoms. The molecule has 1 aliphatic rings. The Bertz CT molecular complexity index is 1120. The number of hydrogen-bond acceptors (Lipinski definition) is 5. The molecule has 0 radical (unpaired) electrons. The molecule has 6 nitrogen and oxygen atoms in total. The normalized spacial score (nSPS) is 17.5. The summed E-state index contributed by atoms with van der Waals surface area (Å²) in [5, 5.41) is 2.95. The smallest absolute Gasteiger partial charge is 0.340 e. The van der Waals surface area contributed by atoms with E-state index in [1.54, 1.807) is 40.2 Å². The molecule has 182 valence electrons. The maximum absolute atomic E-state index is 13.8. The van der Waals surface area contributed by atoms with Crippen molar-refractivity contribution in [2.45, 2.75) is 44.6 Å². The van der Waals surface area contributed by atoms with Crippen LogP contribution in [0.2, 0.25) is 0 Å². The molecule has 0 aliphatic carbocycles. The summed E-state index contributed by atoms with van der Waals surface area (Å²) in [5.74, 6) is -1.68. The summed E-state index contributed by atoms with van der Waals surface area (Å²) >= 11 is 1.59. The van der Waals surface area contributed by atoms with Crippen molar-refractivity contribution in [1.29, 1.82) is 0 Å². The number of benzene rings is 1. The van der Waals surface area contributed by atoms with E-state index in [0.717, 1.165) is 43.2 Å². The standard InChI is InChI=1S/C23H25F4N5OS/c1-30-13-20(29-15-30)22(33)32(12-16-4-5-19(24)18(11-16)23(25,26)27)17-3-2-8-31(9-6-17)14-21-28-7-10-34-21/h4-5,7,10-11,13,15,17H,2-3,6,8-9,12,14H2,1H3. The van der Waals surface area contributed by atoms with Crippen LogP contribution in [0.1, 0.15) is 45.9 Å². The first kappa shape index (κ1) is 24.3. The molecule has 4 rings (SSSR count). The van der Waals surface area contributed by atoms with E-state index in [0.29, 0.717) is 12.8 Å². The third-order valence-corrected chi connectivity index (χ3v) is 6.71. The molecule has 11 heteroatoms. The van der Waals surface area contributed by atoms with Gasteiger partial charge >= 0.3 is 6.18 Å². The van der Waals surface area contributed by atoms with Crippen molar-refractivity contribution in [3.8, 4) is 0 Å². The summed E-state index contributed by atoms with van der Waals surface area (Å²) in [6, 6.07) is 2.72. The van der Waals surface area contributed by atoms with Crippen molar-refractivity contribution in [3.63, 3.8) is 0 Å².